The standard InChI is InChI=1S/C13H20N2OS/c1-15(9-12-5-7-17-10-12)13(16)3-2-11-4-6-14-8-11/h5,7,10-11,14H,2-4,6,8-9H2,1H3. The first-order valence-electron chi connectivity index (χ1n) is 6.21. The van der Waals surface area contributed by atoms with Crippen molar-refractivity contribution in [2.24, 2.45) is 5.92 Å². The van der Waals surface area contributed by atoms with Crippen molar-refractivity contribution in [2.75, 3.05) is 20.1 Å². The zero-order valence-corrected chi connectivity index (χ0v) is 11.1. The molecule has 0 bridgehead atoms. The summed E-state index contributed by atoms with van der Waals surface area (Å²) in [6, 6.07) is 2.08. The number of thiophene rings is 1. The zero-order chi connectivity index (χ0) is 12.1. The summed E-state index contributed by atoms with van der Waals surface area (Å²) in [6.45, 7) is 2.94. The second kappa shape index (κ2) is 6.17. The summed E-state index contributed by atoms with van der Waals surface area (Å²) in [5, 5.41) is 7.49. The molecule has 1 aromatic heterocycles. The molecule has 2 heterocycles. The van der Waals surface area contributed by atoms with Gasteiger partial charge in [0.1, 0.15) is 0 Å². The van der Waals surface area contributed by atoms with Gasteiger partial charge >= 0.3 is 0 Å². The van der Waals surface area contributed by atoms with Crippen LogP contribution in [0.4, 0.5) is 0 Å². The van der Waals surface area contributed by atoms with E-state index in [1.165, 1.54) is 12.0 Å². The van der Waals surface area contributed by atoms with E-state index in [0.29, 0.717) is 12.3 Å². The fourth-order valence-electron chi connectivity index (χ4n) is 2.22. The lowest BCUT2D eigenvalue weighted by atomic mass is 10.0. The van der Waals surface area contributed by atoms with E-state index in [0.717, 1.165) is 26.1 Å². The Kier molecular flexibility index (Phi) is 4.57. The lowest BCUT2D eigenvalue weighted by molar-refractivity contribution is -0.130. The molecule has 1 unspecified atom stereocenters. The highest BCUT2D eigenvalue weighted by Gasteiger charge is 2.17. The molecule has 1 saturated heterocycles. The molecule has 3 nitrogen and oxygen atoms in total. The largest absolute Gasteiger partial charge is 0.341 e. The number of nitrogens with zero attached hydrogens (tertiary/aromatic N) is 1. The minimum atomic E-state index is 0.267. The summed E-state index contributed by atoms with van der Waals surface area (Å²) in [5.74, 6) is 0.969. The summed E-state index contributed by atoms with van der Waals surface area (Å²) in [7, 11) is 1.90. The maximum atomic E-state index is 11.9. The van der Waals surface area contributed by atoms with Gasteiger partial charge in [-0.15, -0.1) is 0 Å². The van der Waals surface area contributed by atoms with Crippen LogP contribution in [0.1, 0.15) is 24.8 Å². The Morgan fingerprint density at radius 1 is 1.65 bits per heavy atom. The smallest absolute Gasteiger partial charge is 0.222 e. The molecule has 0 radical (unpaired) electrons. The Hall–Kier alpha value is -0.870. The van der Waals surface area contributed by atoms with Gasteiger partial charge in [0.25, 0.3) is 0 Å². The van der Waals surface area contributed by atoms with Gasteiger partial charge in [0, 0.05) is 20.0 Å². The molecule has 1 aromatic rings. The Labute approximate surface area is 107 Å². The van der Waals surface area contributed by atoms with Crippen LogP contribution in [0, 0.1) is 5.92 Å². The van der Waals surface area contributed by atoms with Gasteiger partial charge in [-0.3, -0.25) is 4.79 Å². The topological polar surface area (TPSA) is 32.3 Å². The molecule has 0 spiro atoms. The average molecular weight is 252 g/mol. The zero-order valence-electron chi connectivity index (χ0n) is 10.3. The molecule has 0 saturated carbocycles. The molecule has 94 valence electrons. The number of carbonyl (C=O) groups excluding carboxylic acids is 1. The number of hydrogen-bond acceptors (Lipinski definition) is 3. The Bertz CT molecular complexity index is 344. The molecule has 4 heteroatoms. The first kappa shape index (κ1) is 12.6. The van der Waals surface area contributed by atoms with Crippen LogP contribution < -0.4 is 5.32 Å². The molecule has 1 fully saturated rings. The molecular weight excluding hydrogens is 232 g/mol. The molecule has 1 amide bonds. The highest BCUT2D eigenvalue weighted by Crippen LogP contribution is 2.16. The third kappa shape index (κ3) is 3.82. The van der Waals surface area contributed by atoms with Crippen LogP contribution >= 0.6 is 11.3 Å². The predicted octanol–water partition coefficient (Wildman–Crippen LogP) is 2.10. The van der Waals surface area contributed by atoms with Gasteiger partial charge in [-0.25, -0.2) is 0 Å². The third-order valence-corrected chi connectivity index (χ3v) is 4.09. The van der Waals surface area contributed by atoms with Crippen molar-refractivity contribution in [3.05, 3.63) is 22.4 Å². The highest BCUT2D eigenvalue weighted by atomic mass is 32.1. The minimum Gasteiger partial charge on any atom is -0.341 e. The van der Waals surface area contributed by atoms with Crippen molar-refractivity contribution < 1.29 is 4.79 Å². The maximum Gasteiger partial charge on any atom is 0.222 e. The van der Waals surface area contributed by atoms with E-state index in [9.17, 15) is 4.79 Å². The van der Waals surface area contributed by atoms with E-state index < -0.39 is 0 Å². The summed E-state index contributed by atoms with van der Waals surface area (Å²) < 4.78 is 0. The van der Waals surface area contributed by atoms with Crippen molar-refractivity contribution in [2.45, 2.75) is 25.8 Å². The molecule has 17 heavy (non-hydrogen) atoms. The number of carbonyl (C=O) groups is 1. The summed E-state index contributed by atoms with van der Waals surface area (Å²) in [5.41, 5.74) is 1.23. The highest BCUT2D eigenvalue weighted by molar-refractivity contribution is 7.07. The minimum absolute atomic E-state index is 0.267. The van der Waals surface area contributed by atoms with Gasteiger partial charge < -0.3 is 10.2 Å². The molecule has 0 aliphatic carbocycles. The molecule has 1 N–H and O–H groups in total. The summed E-state index contributed by atoms with van der Waals surface area (Å²) in [6.07, 6.45) is 2.94. The van der Waals surface area contributed by atoms with Gasteiger partial charge in [0.2, 0.25) is 5.91 Å². The van der Waals surface area contributed by atoms with Crippen molar-refractivity contribution in [3.63, 3.8) is 0 Å². The van der Waals surface area contributed by atoms with Crippen LogP contribution in [0.15, 0.2) is 16.8 Å². The van der Waals surface area contributed by atoms with E-state index in [4.69, 9.17) is 0 Å². The normalized spacial score (nSPS) is 19.5. The van der Waals surface area contributed by atoms with Gasteiger partial charge in [-0.2, -0.15) is 11.3 Å². The first-order valence-corrected chi connectivity index (χ1v) is 7.16. The Balaban J connectivity index is 1.71. The number of amides is 1. The second-order valence-corrected chi connectivity index (χ2v) is 5.56. The van der Waals surface area contributed by atoms with Crippen molar-refractivity contribution in [1.29, 1.82) is 0 Å². The Morgan fingerprint density at radius 3 is 3.18 bits per heavy atom. The van der Waals surface area contributed by atoms with Crippen LogP contribution in [0.25, 0.3) is 0 Å². The average Bonchev–Trinajstić information content (AvgIpc) is 2.98. The van der Waals surface area contributed by atoms with Crippen molar-refractivity contribution in [3.8, 4) is 0 Å². The molecule has 0 aromatic carbocycles. The number of rotatable bonds is 5. The van der Waals surface area contributed by atoms with E-state index >= 15 is 0 Å². The van der Waals surface area contributed by atoms with Crippen molar-refractivity contribution in [1.82, 2.24) is 10.2 Å². The van der Waals surface area contributed by atoms with Crippen molar-refractivity contribution >= 4 is 17.2 Å². The molecule has 1 aliphatic heterocycles. The number of nitrogens with one attached hydrogen (secondary N) is 1. The molecule has 1 aliphatic rings. The van der Waals surface area contributed by atoms with Gasteiger partial charge in [-0.1, -0.05) is 0 Å². The Morgan fingerprint density at radius 2 is 2.53 bits per heavy atom. The van der Waals surface area contributed by atoms with E-state index in [-0.39, 0.29) is 5.91 Å². The van der Waals surface area contributed by atoms with Gasteiger partial charge in [-0.05, 0) is 54.2 Å². The predicted molar refractivity (Wildman–Crippen MR) is 71.0 cm³/mol. The monoisotopic (exact) mass is 252 g/mol. The van der Waals surface area contributed by atoms with Crippen LogP contribution in [-0.2, 0) is 11.3 Å². The first-order chi connectivity index (χ1) is 8.25. The van der Waals surface area contributed by atoms with Gasteiger partial charge in [0.15, 0.2) is 0 Å². The fourth-order valence-corrected chi connectivity index (χ4v) is 2.88. The van der Waals surface area contributed by atoms with E-state index in [1.54, 1.807) is 11.3 Å². The SMILES string of the molecule is CN(Cc1ccsc1)C(=O)CCC1CCNC1. The summed E-state index contributed by atoms with van der Waals surface area (Å²) in [4.78, 5) is 13.8. The third-order valence-electron chi connectivity index (χ3n) is 3.35. The van der Waals surface area contributed by atoms with Crippen LogP contribution in [0.3, 0.4) is 0 Å². The quantitative estimate of drug-likeness (QED) is 0.870. The fraction of sp³-hybridized carbons (Fsp3) is 0.615. The molecular formula is C13H20N2OS. The van der Waals surface area contributed by atoms with Crippen LogP contribution in [0.2, 0.25) is 0 Å². The molecule has 1 atom stereocenters. The lowest BCUT2D eigenvalue weighted by Crippen LogP contribution is -2.26. The van der Waals surface area contributed by atoms with E-state index in [2.05, 4.69) is 22.1 Å². The molecule has 2 rings (SSSR count). The van der Waals surface area contributed by atoms with Gasteiger partial charge in [0.05, 0.1) is 0 Å². The van der Waals surface area contributed by atoms with Crippen LogP contribution in [0.5, 0.6) is 0 Å². The lowest BCUT2D eigenvalue weighted by Gasteiger charge is -2.17. The van der Waals surface area contributed by atoms with Crippen LogP contribution in [-0.4, -0.2) is 30.9 Å². The second-order valence-electron chi connectivity index (χ2n) is 4.78. The maximum absolute atomic E-state index is 11.9. The number of hydrogen-bond donors (Lipinski definition) is 1. The summed E-state index contributed by atoms with van der Waals surface area (Å²) >= 11 is 1.68. The van der Waals surface area contributed by atoms with E-state index in [1.807, 2.05) is 11.9 Å².